The van der Waals surface area contributed by atoms with Crippen molar-refractivity contribution >= 4 is 11.7 Å². The van der Waals surface area contributed by atoms with Crippen molar-refractivity contribution in [2.24, 2.45) is 0 Å². The molecule has 9 heteroatoms. The molecule has 1 saturated heterocycles. The molecule has 8 nitrogen and oxygen atoms in total. The third-order valence-electron chi connectivity index (χ3n) is 5.66. The summed E-state index contributed by atoms with van der Waals surface area (Å²) in [6.45, 7) is 3.66. The molecule has 2 aliphatic heterocycles. The van der Waals surface area contributed by atoms with Crippen LogP contribution in [0.2, 0.25) is 0 Å². The summed E-state index contributed by atoms with van der Waals surface area (Å²) in [5.74, 6) is 0.0991. The number of aromatic nitrogens is 3. The summed E-state index contributed by atoms with van der Waals surface area (Å²) in [4.78, 5) is 28.0. The van der Waals surface area contributed by atoms with Crippen molar-refractivity contribution in [2.75, 3.05) is 25.1 Å². The summed E-state index contributed by atoms with van der Waals surface area (Å²) in [5.41, 5.74) is 2.39. The first-order chi connectivity index (χ1) is 15.5. The predicted molar refractivity (Wildman–Crippen MR) is 115 cm³/mol. The van der Waals surface area contributed by atoms with Gasteiger partial charge in [-0.1, -0.05) is 6.07 Å². The molecule has 1 fully saturated rings. The van der Waals surface area contributed by atoms with E-state index in [-0.39, 0.29) is 30.1 Å². The van der Waals surface area contributed by atoms with Crippen LogP contribution in [0.15, 0.2) is 36.5 Å². The highest BCUT2D eigenvalue weighted by Crippen LogP contribution is 2.38. The fourth-order valence-corrected chi connectivity index (χ4v) is 4.13. The Morgan fingerprint density at radius 2 is 2.12 bits per heavy atom. The van der Waals surface area contributed by atoms with Gasteiger partial charge in [-0.2, -0.15) is 4.98 Å². The Morgan fingerprint density at radius 1 is 1.25 bits per heavy atom. The van der Waals surface area contributed by atoms with Gasteiger partial charge in [0.2, 0.25) is 0 Å². The first kappa shape index (κ1) is 20.3. The van der Waals surface area contributed by atoms with Crippen LogP contribution >= 0.6 is 0 Å². The van der Waals surface area contributed by atoms with Gasteiger partial charge < -0.3 is 14.8 Å². The van der Waals surface area contributed by atoms with Crippen LogP contribution in [-0.2, 0) is 6.54 Å². The summed E-state index contributed by atoms with van der Waals surface area (Å²) < 4.78 is 26.0. The predicted octanol–water partition coefficient (Wildman–Crippen LogP) is 2.90. The minimum absolute atomic E-state index is 0.000417. The molecule has 1 amide bonds. The van der Waals surface area contributed by atoms with Gasteiger partial charge in [0.05, 0.1) is 24.9 Å². The highest BCUT2D eigenvalue weighted by molar-refractivity contribution is 6.10. The lowest BCUT2D eigenvalue weighted by Gasteiger charge is -2.17. The van der Waals surface area contributed by atoms with E-state index in [9.17, 15) is 9.18 Å². The lowest BCUT2D eigenvalue weighted by Crippen LogP contribution is -2.25. The van der Waals surface area contributed by atoms with Crippen LogP contribution in [0.5, 0.6) is 11.8 Å². The number of pyridine rings is 1. The Morgan fingerprint density at radius 3 is 2.91 bits per heavy atom. The van der Waals surface area contributed by atoms with Crippen LogP contribution in [0.1, 0.15) is 28.0 Å². The highest BCUT2D eigenvalue weighted by Gasteiger charge is 2.34. The Kier molecular flexibility index (Phi) is 5.18. The van der Waals surface area contributed by atoms with E-state index < -0.39 is 5.82 Å². The topological polar surface area (TPSA) is 89.5 Å². The maximum absolute atomic E-state index is 14.7. The number of anilines is 1. The van der Waals surface area contributed by atoms with Gasteiger partial charge in [0.25, 0.3) is 5.91 Å². The third kappa shape index (κ3) is 3.54. The van der Waals surface area contributed by atoms with E-state index >= 15 is 0 Å². The molecule has 0 spiro atoms. The quantitative estimate of drug-likeness (QED) is 0.659. The van der Waals surface area contributed by atoms with Crippen LogP contribution < -0.4 is 19.7 Å². The lowest BCUT2D eigenvalue weighted by atomic mass is 10.0. The lowest BCUT2D eigenvalue weighted by molar-refractivity contribution is 0.0995. The number of amides is 1. The number of ether oxygens (including phenoxy) is 2. The van der Waals surface area contributed by atoms with Crippen molar-refractivity contribution in [2.45, 2.75) is 26.0 Å². The summed E-state index contributed by atoms with van der Waals surface area (Å²) in [6.07, 6.45) is 2.38. The number of carbonyl (C=O) groups excluding carboxylic acids is 1. The van der Waals surface area contributed by atoms with Crippen molar-refractivity contribution < 1.29 is 18.7 Å². The molecular weight excluding hydrogens is 413 g/mol. The molecule has 0 radical (unpaired) electrons. The summed E-state index contributed by atoms with van der Waals surface area (Å²) in [7, 11) is 1.48. The molecule has 1 atom stereocenters. The van der Waals surface area contributed by atoms with Crippen molar-refractivity contribution in [3.05, 3.63) is 59.2 Å². The molecule has 164 valence electrons. The van der Waals surface area contributed by atoms with Crippen LogP contribution in [0.25, 0.3) is 11.3 Å². The van der Waals surface area contributed by atoms with E-state index in [0.717, 1.165) is 19.5 Å². The molecule has 0 bridgehead atoms. The number of nitrogens with zero attached hydrogens (tertiary/aromatic N) is 4. The average Bonchev–Trinajstić information content (AvgIpc) is 3.41. The first-order valence-corrected chi connectivity index (χ1v) is 10.4. The van der Waals surface area contributed by atoms with Crippen molar-refractivity contribution in [1.82, 2.24) is 20.3 Å². The minimum atomic E-state index is -0.463. The number of fused-ring (bicyclic) bond motifs is 1. The Bertz CT molecular complexity index is 1200. The zero-order valence-corrected chi connectivity index (χ0v) is 17.8. The molecular formula is C23H22FN5O3. The first-order valence-electron chi connectivity index (χ1n) is 10.4. The molecule has 0 saturated carbocycles. The van der Waals surface area contributed by atoms with Crippen molar-refractivity contribution in [3.8, 4) is 23.0 Å². The zero-order valence-electron chi connectivity index (χ0n) is 17.8. The van der Waals surface area contributed by atoms with Crippen molar-refractivity contribution in [1.29, 1.82) is 0 Å². The zero-order chi connectivity index (χ0) is 22.2. The van der Waals surface area contributed by atoms with Crippen molar-refractivity contribution in [3.63, 3.8) is 0 Å². The maximum atomic E-state index is 14.7. The number of hydrogen-bond donors (Lipinski definition) is 1. The molecule has 4 heterocycles. The number of aryl methyl sites for hydroxylation is 1. The second-order valence-electron chi connectivity index (χ2n) is 7.78. The number of rotatable bonds is 5. The van der Waals surface area contributed by atoms with Gasteiger partial charge >= 0.3 is 6.01 Å². The molecule has 1 unspecified atom stereocenters. The molecule has 2 aliphatic rings. The van der Waals surface area contributed by atoms with E-state index in [1.165, 1.54) is 24.3 Å². The fourth-order valence-electron chi connectivity index (χ4n) is 4.13. The highest BCUT2D eigenvalue weighted by atomic mass is 19.1. The van der Waals surface area contributed by atoms with Gasteiger partial charge in [-0.05, 0) is 38.1 Å². The van der Waals surface area contributed by atoms with E-state index in [0.29, 0.717) is 34.1 Å². The minimum Gasteiger partial charge on any atom is -0.496 e. The number of benzene rings is 1. The summed E-state index contributed by atoms with van der Waals surface area (Å²) in [5, 5.41) is 3.24. The molecule has 1 aromatic carbocycles. The normalized spacial score (nSPS) is 17.5. The Labute approximate surface area is 184 Å². The molecule has 32 heavy (non-hydrogen) atoms. The molecule has 2 aromatic heterocycles. The second kappa shape index (κ2) is 8.16. The van der Waals surface area contributed by atoms with Gasteiger partial charge in [-0.25, -0.2) is 9.37 Å². The SMILES string of the molecule is COc1cccc(F)c1-c1nccc2c1CN(c1cc(C)nc(OC3CCNC3)n1)C2=O. The monoisotopic (exact) mass is 435 g/mol. The Hall–Kier alpha value is -3.59. The number of carbonyl (C=O) groups is 1. The number of halogens is 1. The van der Waals surface area contributed by atoms with Gasteiger partial charge in [-0.3, -0.25) is 14.7 Å². The van der Waals surface area contributed by atoms with Crippen LogP contribution in [0, 0.1) is 12.7 Å². The van der Waals surface area contributed by atoms with Gasteiger partial charge in [0.15, 0.2) is 0 Å². The van der Waals surface area contributed by atoms with Crippen LogP contribution in [0.4, 0.5) is 10.2 Å². The van der Waals surface area contributed by atoms with Gasteiger partial charge in [0, 0.05) is 35.6 Å². The standard InChI is InChI=1S/C23H22FN5O3/c1-13-10-19(28-23(27-13)32-14-6-8-25-11-14)29-12-16-15(22(29)30)7-9-26-21(16)20-17(24)4-3-5-18(20)31-2/h3-5,7,9-10,14,25H,6,8,11-12H2,1-2H3. The smallest absolute Gasteiger partial charge is 0.318 e. The largest absolute Gasteiger partial charge is 0.496 e. The van der Waals surface area contributed by atoms with E-state index in [1.807, 2.05) is 6.92 Å². The van der Waals surface area contributed by atoms with Crippen LogP contribution in [0.3, 0.4) is 0 Å². The average molecular weight is 435 g/mol. The number of nitrogens with one attached hydrogen (secondary N) is 1. The van der Waals surface area contributed by atoms with Crippen LogP contribution in [-0.4, -0.2) is 47.2 Å². The second-order valence-corrected chi connectivity index (χ2v) is 7.78. The maximum Gasteiger partial charge on any atom is 0.318 e. The molecule has 3 aromatic rings. The number of hydrogen-bond acceptors (Lipinski definition) is 7. The van der Waals surface area contributed by atoms with Gasteiger partial charge in [-0.15, -0.1) is 0 Å². The molecule has 0 aliphatic carbocycles. The van der Waals surface area contributed by atoms with E-state index in [1.54, 1.807) is 24.3 Å². The van der Waals surface area contributed by atoms with Gasteiger partial charge in [0.1, 0.15) is 23.5 Å². The molecule has 5 rings (SSSR count). The number of methoxy groups -OCH3 is 1. The fraction of sp³-hybridized carbons (Fsp3) is 0.304. The van der Waals surface area contributed by atoms with E-state index in [4.69, 9.17) is 9.47 Å². The third-order valence-corrected chi connectivity index (χ3v) is 5.66. The summed E-state index contributed by atoms with van der Waals surface area (Å²) >= 11 is 0. The Balaban J connectivity index is 1.52. The molecule has 1 N–H and O–H groups in total. The van der Waals surface area contributed by atoms with E-state index in [2.05, 4.69) is 20.3 Å². The summed E-state index contributed by atoms with van der Waals surface area (Å²) in [6, 6.07) is 8.21.